The van der Waals surface area contributed by atoms with Crippen molar-refractivity contribution in [1.29, 1.82) is 0 Å². The van der Waals surface area contributed by atoms with Crippen molar-refractivity contribution in [3.05, 3.63) is 29.8 Å². The minimum atomic E-state index is -1.10. The van der Waals surface area contributed by atoms with Crippen LogP contribution in [0.25, 0.3) is 0 Å². The molecule has 1 rings (SSSR count). The van der Waals surface area contributed by atoms with Gasteiger partial charge in [0, 0.05) is 12.3 Å². The molecule has 0 heterocycles. The normalized spacial score (nSPS) is 8.64. The molecule has 0 spiro atoms. The van der Waals surface area contributed by atoms with Crippen LogP contribution in [0.15, 0.2) is 24.3 Å². The maximum atomic E-state index is 10.1. The molecule has 1 aromatic rings. The number of ether oxygens (including phenoxy) is 1. The van der Waals surface area contributed by atoms with Gasteiger partial charge in [-0.1, -0.05) is 18.1 Å². The number of hydrogen-bond acceptors (Lipinski definition) is 2. The second-order valence-corrected chi connectivity index (χ2v) is 2.64. The minimum Gasteiger partial charge on any atom is -0.497 e. The van der Waals surface area contributed by atoms with Crippen LogP contribution >= 0.6 is 0 Å². The summed E-state index contributed by atoms with van der Waals surface area (Å²) in [6, 6.07) is 7.38. The smallest absolute Gasteiger partial charge is 0.381 e. The molecule has 0 unspecified atom stereocenters. The first-order valence-electron chi connectivity index (χ1n) is 4.07. The molecule has 72 valence electrons. The van der Waals surface area contributed by atoms with Gasteiger partial charge in [0.15, 0.2) is 0 Å². The molecule has 0 aliphatic heterocycles. The van der Waals surface area contributed by atoms with Gasteiger partial charge in [0.2, 0.25) is 0 Å². The lowest BCUT2D eigenvalue weighted by Gasteiger charge is -2.00. The first kappa shape index (κ1) is 10.1. The molecule has 0 amide bonds. The van der Waals surface area contributed by atoms with E-state index in [-0.39, 0.29) is 0 Å². The van der Waals surface area contributed by atoms with E-state index in [4.69, 9.17) is 9.84 Å². The molecule has 1 N–H and O–H groups in total. The Balaban J connectivity index is 2.69. The molecule has 1 aromatic carbocycles. The summed E-state index contributed by atoms with van der Waals surface area (Å²) in [7, 11) is 1.59. The number of aliphatic carboxylic acids is 1. The number of carboxylic acid groups (broad SMARTS) is 1. The standard InChI is InChI=1S/C11H10O3/c1-14-10-6-2-4-9(8-10)5-3-7-11(12)13/h2,4,6,8H,5H2,1H3,(H,12,13). The number of hydrogen-bond donors (Lipinski definition) is 1. The third-order valence-electron chi connectivity index (χ3n) is 1.62. The van der Waals surface area contributed by atoms with Crippen LogP contribution in [0.2, 0.25) is 0 Å². The first-order chi connectivity index (χ1) is 6.72. The zero-order valence-corrected chi connectivity index (χ0v) is 7.78. The molecule has 0 fully saturated rings. The van der Waals surface area contributed by atoms with Crippen LogP contribution in [0.4, 0.5) is 0 Å². The van der Waals surface area contributed by atoms with Gasteiger partial charge in [-0.3, -0.25) is 0 Å². The molecule has 0 atom stereocenters. The van der Waals surface area contributed by atoms with Gasteiger partial charge >= 0.3 is 5.97 Å². The fourth-order valence-corrected chi connectivity index (χ4v) is 1.00. The molecular formula is C11H10O3. The van der Waals surface area contributed by atoms with E-state index in [1.54, 1.807) is 7.11 Å². The van der Waals surface area contributed by atoms with Gasteiger partial charge in [-0.15, -0.1) is 0 Å². The van der Waals surface area contributed by atoms with Crippen LogP contribution in [0.1, 0.15) is 5.56 Å². The van der Waals surface area contributed by atoms with Crippen molar-refractivity contribution in [2.75, 3.05) is 7.11 Å². The average molecular weight is 190 g/mol. The van der Waals surface area contributed by atoms with E-state index in [1.807, 2.05) is 24.3 Å². The van der Waals surface area contributed by atoms with Crippen LogP contribution in [-0.2, 0) is 11.2 Å². The van der Waals surface area contributed by atoms with Crippen LogP contribution in [0.5, 0.6) is 5.75 Å². The van der Waals surface area contributed by atoms with Gasteiger partial charge in [-0.25, -0.2) is 4.79 Å². The molecule has 0 bridgehead atoms. The predicted octanol–water partition coefficient (Wildman–Crippen LogP) is 1.33. The zero-order valence-electron chi connectivity index (χ0n) is 7.78. The Morgan fingerprint density at radius 2 is 2.36 bits per heavy atom. The van der Waals surface area contributed by atoms with Crippen molar-refractivity contribution in [3.8, 4) is 17.6 Å². The highest BCUT2D eigenvalue weighted by molar-refractivity contribution is 5.86. The maximum Gasteiger partial charge on any atom is 0.381 e. The van der Waals surface area contributed by atoms with E-state index < -0.39 is 5.97 Å². The molecule has 14 heavy (non-hydrogen) atoms. The van der Waals surface area contributed by atoms with Gasteiger partial charge < -0.3 is 9.84 Å². The molecule has 0 aliphatic carbocycles. The Kier molecular flexibility index (Phi) is 3.57. The molecule has 0 aliphatic rings. The highest BCUT2D eigenvalue weighted by atomic mass is 16.5. The summed E-state index contributed by atoms with van der Waals surface area (Å²) in [5.41, 5.74) is 0.943. The molecule has 0 saturated heterocycles. The lowest BCUT2D eigenvalue weighted by atomic mass is 10.1. The first-order valence-corrected chi connectivity index (χ1v) is 4.07. The topological polar surface area (TPSA) is 46.5 Å². The van der Waals surface area contributed by atoms with Crippen molar-refractivity contribution in [2.45, 2.75) is 6.42 Å². The predicted molar refractivity (Wildman–Crippen MR) is 52.1 cm³/mol. The maximum absolute atomic E-state index is 10.1. The van der Waals surface area contributed by atoms with Crippen molar-refractivity contribution >= 4 is 5.97 Å². The van der Waals surface area contributed by atoms with Crippen LogP contribution in [-0.4, -0.2) is 18.2 Å². The molecule has 0 radical (unpaired) electrons. The monoisotopic (exact) mass is 190 g/mol. The summed E-state index contributed by atoms with van der Waals surface area (Å²) in [5, 5.41) is 8.29. The minimum absolute atomic E-state index is 0.420. The van der Waals surface area contributed by atoms with E-state index in [1.165, 1.54) is 0 Å². The van der Waals surface area contributed by atoms with Crippen molar-refractivity contribution in [2.24, 2.45) is 0 Å². The third kappa shape index (κ3) is 3.20. The quantitative estimate of drug-likeness (QED) is 0.715. The Bertz CT molecular complexity index is 385. The Morgan fingerprint density at radius 1 is 1.57 bits per heavy atom. The van der Waals surface area contributed by atoms with Gasteiger partial charge in [0.1, 0.15) is 5.75 Å². The van der Waals surface area contributed by atoms with Crippen LogP contribution in [0, 0.1) is 11.8 Å². The summed E-state index contributed by atoms with van der Waals surface area (Å²) in [5.74, 6) is 4.25. The largest absolute Gasteiger partial charge is 0.497 e. The van der Waals surface area contributed by atoms with Crippen LogP contribution < -0.4 is 4.74 Å². The molecule has 3 nitrogen and oxygen atoms in total. The second kappa shape index (κ2) is 4.93. The van der Waals surface area contributed by atoms with E-state index in [9.17, 15) is 4.79 Å². The Morgan fingerprint density at radius 3 is 3.00 bits per heavy atom. The summed E-state index contributed by atoms with van der Waals surface area (Å²) < 4.78 is 5.02. The van der Waals surface area contributed by atoms with Gasteiger partial charge in [-0.2, -0.15) is 0 Å². The van der Waals surface area contributed by atoms with Crippen molar-refractivity contribution in [1.82, 2.24) is 0 Å². The van der Waals surface area contributed by atoms with Gasteiger partial charge in [-0.05, 0) is 17.7 Å². The number of benzene rings is 1. The van der Waals surface area contributed by atoms with E-state index in [0.29, 0.717) is 6.42 Å². The third-order valence-corrected chi connectivity index (χ3v) is 1.62. The van der Waals surface area contributed by atoms with E-state index >= 15 is 0 Å². The highest BCUT2D eigenvalue weighted by Crippen LogP contribution is 2.12. The lowest BCUT2D eigenvalue weighted by Crippen LogP contribution is -1.89. The summed E-state index contributed by atoms with van der Waals surface area (Å²) in [4.78, 5) is 10.1. The number of rotatable bonds is 2. The number of methoxy groups -OCH3 is 1. The highest BCUT2D eigenvalue weighted by Gasteiger charge is 1.93. The number of carbonyl (C=O) groups is 1. The Hall–Kier alpha value is -1.95. The fourth-order valence-electron chi connectivity index (χ4n) is 1.00. The number of carboxylic acids is 1. The SMILES string of the molecule is COc1cccc(CC#CC(=O)O)c1. The summed E-state index contributed by atoms with van der Waals surface area (Å²) in [6.45, 7) is 0. The molecule has 3 heteroatoms. The lowest BCUT2D eigenvalue weighted by molar-refractivity contribution is -0.130. The van der Waals surface area contributed by atoms with Crippen molar-refractivity contribution in [3.63, 3.8) is 0 Å². The summed E-state index contributed by atoms with van der Waals surface area (Å²) >= 11 is 0. The van der Waals surface area contributed by atoms with Crippen molar-refractivity contribution < 1.29 is 14.6 Å². The average Bonchev–Trinajstić information content (AvgIpc) is 2.18. The molecule has 0 aromatic heterocycles. The Labute approximate surface area is 82.3 Å². The fraction of sp³-hybridized carbons (Fsp3) is 0.182. The second-order valence-electron chi connectivity index (χ2n) is 2.64. The molecule has 0 saturated carbocycles. The van der Waals surface area contributed by atoms with Gasteiger partial charge in [0.25, 0.3) is 0 Å². The molecular weight excluding hydrogens is 180 g/mol. The van der Waals surface area contributed by atoms with Crippen LogP contribution in [0.3, 0.4) is 0 Å². The van der Waals surface area contributed by atoms with E-state index in [0.717, 1.165) is 11.3 Å². The van der Waals surface area contributed by atoms with Gasteiger partial charge in [0.05, 0.1) is 7.11 Å². The zero-order chi connectivity index (χ0) is 10.4. The van der Waals surface area contributed by atoms with E-state index in [2.05, 4.69) is 11.8 Å². The summed E-state index contributed by atoms with van der Waals surface area (Å²) in [6.07, 6.45) is 0.420.